The molecule has 2 fully saturated rings. The smallest absolute Gasteiger partial charge is 0.410 e. The summed E-state index contributed by atoms with van der Waals surface area (Å²) in [6.45, 7) is 2.94. The molecule has 0 spiro atoms. The number of rotatable bonds is 2. The second-order valence-corrected chi connectivity index (χ2v) is 4.86. The van der Waals surface area contributed by atoms with E-state index in [1.54, 1.807) is 4.90 Å². The van der Waals surface area contributed by atoms with Crippen LogP contribution in [0.3, 0.4) is 0 Å². The van der Waals surface area contributed by atoms with Crippen molar-refractivity contribution in [1.29, 1.82) is 0 Å². The molecular weight excluding hydrogens is 206 g/mol. The Balaban J connectivity index is 2.05. The van der Waals surface area contributed by atoms with Crippen LogP contribution in [0.15, 0.2) is 0 Å². The Labute approximate surface area is 96.6 Å². The molecule has 1 saturated carbocycles. The van der Waals surface area contributed by atoms with Gasteiger partial charge in [0.25, 0.3) is 0 Å². The van der Waals surface area contributed by atoms with E-state index in [1.807, 2.05) is 6.92 Å². The monoisotopic (exact) mass is 227 g/mol. The molecule has 0 aromatic rings. The number of hydrogen-bond donors (Lipinski definition) is 1. The van der Waals surface area contributed by atoms with Crippen LogP contribution < -0.4 is 0 Å². The average molecular weight is 227 g/mol. The summed E-state index contributed by atoms with van der Waals surface area (Å²) in [4.78, 5) is 13.5. The molecule has 2 aliphatic rings. The standard InChI is InChI=1S/C12H21NO3/c1-2-16-11(14)13-9-5-6-10(13)12(15)7-3-4-8-12/h10,15H,2-9H2,1H3/t10-/m0/s1. The zero-order chi connectivity index (χ0) is 11.6. The van der Waals surface area contributed by atoms with Gasteiger partial charge in [-0.3, -0.25) is 0 Å². The van der Waals surface area contributed by atoms with Gasteiger partial charge < -0.3 is 14.7 Å². The maximum atomic E-state index is 11.7. The van der Waals surface area contributed by atoms with Crippen LogP contribution in [-0.4, -0.2) is 40.9 Å². The number of carbonyl (C=O) groups is 1. The van der Waals surface area contributed by atoms with Gasteiger partial charge in [0.2, 0.25) is 0 Å². The lowest BCUT2D eigenvalue weighted by Crippen LogP contribution is -2.50. The predicted molar refractivity (Wildman–Crippen MR) is 60.2 cm³/mol. The molecule has 1 saturated heterocycles. The van der Waals surface area contributed by atoms with Gasteiger partial charge in [0.15, 0.2) is 0 Å². The van der Waals surface area contributed by atoms with Crippen molar-refractivity contribution < 1.29 is 14.6 Å². The third-order valence-electron chi connectivity index (χ3n) is 3.84. The molecule has 1 aliphatic carbocycles. The fraction of sp³-hybridized carbons (Fsp3) is 0.917. The summed E-state index contributed by atoms with van der Waals surface area (Å²) in [7, 11) is 0. The first-order valence-electron chi connectivity index (χ1n) is 6.33. The lowest BCUT2D eigenvalue weighted by Gasteiger charge is -2.35. The molecule has 0 unspecified atom stereocenters. The Kier molecular flexibility index (Phi) is 3.38. The first kappa shape index (κ1) is 11.7. The van der Waals surface area contributed by atoms with Crippen molar-refractivity contribution in [1.82, 2.24) is 4.90 Å². The third-order valence-corrected chi connectivity index (χ3v) is 3.84. The van der Waals surface area contributed by atoms with Crippen molar-refractivity contribution in [3.8, 4) is 0 Å². The largest absolute Gasteiger partial charge is 0.450 e. The van der Waals surface area contributed by atoms with Crippen LogP contribution in [0.2, 0.25) is 0 Å². The normalized spacial score (nSPS) is 28.4. The maximum absolute atomic E-state index is 11.7. The highest BCUT2D eigenvalue weighted by Gasteiger charge is 2.46. The number of likely N-dealkylation sites (tertiary alicyclic amines) is 1. The number of hydrogen-bond acceptors (Lipinski definition) is 3. The van der Waals surface area contributed by atoms with Crippen LogP contribution in [-0.2, 0) is 4.74 Å². The second-order valence-electron chi connectivity index (χ2n) is 4.86. The molecule has 1 N–H and O–H groups in total. The van der Waals surface area contributed by atoms with E-state index in [2.05, 4.69) is 0 Å². The van der Waals surface area contributed by atoms with Gasteiger partial charge in [-0.05, 0) is 32.6 Å². The van der Waals surface area contributed by atoms with Gasteiger partial charge in [-0.1, -0.05) is 12.8 Å². The molecule has 1 heterocycles. The molecule has 0 radical (unpaired) electrons. The van der Waals surface area contributed by atoms with Crippen molar-refractivity contribution in [3.05, 3.63) is 0 Å². The van der Waals surface area contributed by atoms with E-state index in [0.717, 1.165) is 45.1 Å². The zero-order valence-corrected chi connectivity index (χ0v) is 9.95. The van der Waals surface area contributed by atoms with Gasteiger partial charge in [0, 0.05) is 6.54 Å². The van der Waals surface area contributed by atoms with E-state index >= 15 is 0 Å². The van der Waals surface area contributed by atoms with Gasteiger partial charge in [-0.25, -0.2) is 4.79 Å². The Morgan fingerprint density at radius 1 is 1.44 bits per heavy atom. The summed E-state index contributed by atoms with van der Waals surface area (Å²) < 4.78 is 5.04. The van der Waals surface area contributed by atoms with E-state index in [-0.39, 0.29) is 12.1 Å². The predicted octanol–water partition coefficient (Wildman–Crippen LogP) is 1.91. The maximum Gasteiger partial charge on any atom is 0.410 e. The first-order chi connectivity index (χ1) is 7.67. The lowest BCUT2D eigenvalue weighted by molar-refractivity contribution is -0.0264. The molecule has 16 heavy (non-hydrogen) atoms. The highest BCUT2D eigenvalue weighted by molar-refractivity contribution is 5.68. The number of ether oxygens (including phenoxy) is 1. The number of nitrogens with zero attached hydrogens (tertiary/aromatic N) is 1. The fourth-order valence-corrected chi connectivity index (χ4v) is 3.07. The molecule has 0 aromatic carbocycles. The minimum Gasteiger partial charge on any atom is -0.450 e. The van der Waals surface area contributed by atoms with E-state index in [4.69, 9.17) is 4.74 Å². The summed E-state index contributed by atoms with van der Waals surface area (Å²) in [5, 5.41) is 10.5. The summed E-state index contributed by atoms with van der Waals surface area (Å²) in [5.74, 6) is 0. The fourth-order valence-electron chi connectivity index (χ4n) is 3.07. The van der Waals surface area contributed by atoms with Crippen molar-refractivity contribution in [3.63, 3.8) is 0 Å². The zero-order valence-electron chi connectivity index (χ0n) is 9.95. The van der Waals surface area contributed by atoms with Crippen LogP contribution in [0, 0.1) is 0 Å². The Morgan fingerprint density at radius 3 is 2.75 bits per heavy atom. The van der Waals surface area contributed by atoms with Crippen LogP contribution in [0.4, 0.5) is 4.79 Å². The van der Waals surface area contributed by atoms with Crippen LogP contribution in [0.1, 0.15) is 45.4 Å². The summed E-state index contributed by atoms with van der Waals surface area (Å²) in [6, 6.07) is -0.0194. The van der Waals surface area contributed by atoms with E-state index < -0.39 is 5.60 Å². The number of carbonyl (C=O) groups excluding carboxylic acids is 1. The van der Waals surface area contributed by atoms with Crippen molar-refractivity contribution in [2.75, 3.05) is 13.2 Å². The minimum atomic E-state index is -0.650. The SMILES string of the molecule is CCOC(=O)N1CCC[C@H]1C1(O)CCCC1. The quantitative estimate of drug-likeness (QED) is 0.784. The minimum absolute atomic E-state index is 0.0194. The number of aliphatic hydroxyl groups is 1. The van der Waals surface area contributed by atoms with Crippen molar-refractivity contribution in [2.24, 2.45) is 0 Å². The highest BCUT2D eigenvalue weighted by Crippen LogP contribution is 2.39. The molecule has 2 rings (SSSR count). The van der Waals surface area contributed by atoms with E-state index in [1.165, 1.54) is 0 Å². The van der Waals surface area contributed by atoms with E-state index in [9.17, 15) is 9.90 Å². The summed E-state index contributed by atoms with van der Waals surface area (Å²) in [5.41, 5.74) is -0.650. The topological polar surface area (TPSA) is 49.8 Å². The lowest BCUT2D eigenvalue weighted by atomic mass is 9.90. The third kappa shape index (κ3) is 2.03. The molecule has 1 aliphatic heterocycles. The van der Waals surface area contributed by atoms with Gasteiger partial charge in [0.1, 0.15) is 0 Å². The van der Waals surface area contributed by atoms with Gasteiger partial charge >= 0.3 is 6.09 Å². The Hall–Kier alpha value is -0.770. The van der Waals surface area contributed by atoms with Crippen LogP contribution in [0.5, 0.6) is 0 Å². The second kappa shape index (κ2) is 4.62. The Bertz CT molecular complexity index is 261. The highest BCUT2D eigenvalue weighted by atomic mass is 16.6. The molecule has 4 heteroatoms. The molecule has 92 valence electrons. The Morgan fingerprint density at radius 2 is 2.12 bits per heavy atom. The average Bonchev–Trinajstić information content (AvgIpc) is 2.86. The molecular formula is C12H21NO3. The molecule has 1 atom stereocenters. The van der Waals surface area contributed by atoms with Gasteiger partial charge in [-0.2, -0.15) is 0 Å². The van der Waals surface area contributed by atoms with Crippen molar-refractivity contribution >= 4 is 6.09 Å². The first-order valence-corrected chi connectivity index (χ1v) is 6.33. The summed E-state index contributed by atoms with van der Waals surface area (Å²) >= 11 is 0. The number of amides is 1. The van der Waals surface area contributed by atoms with E-state index in [0.29, 0.717) is 6.61 Å². The van der Waals surface area contributed by atoms with Crippen LogP contribution in [0.25, 0.3) is 0 Å². The summed E-state index contributed by atoms with van der Waals surface area (Å²) in [6.07, 6.45) is 5.43. The molecule has 0 aromatic heterocycles. The van der Waals surface area contributed by atoms with Crippen molar-refractivity contribution in [2.45, 2.75) is 57.1 Å². The molecule has 0 bridgehead atoms. The molecule has 1 amide bonds. The van der Waals surface area contributed by atoms with Gasteiger partial charge in [-0.15, -0.1) is 0 Å². The van der Waals surface area contributed by atoms with Crippen LogP contribution >= 0.6 is 0 Å². The van der Waals surface area contributed by atoms with Gasteiger partial charge in [0.05, 0.1) is 18.2 Å². The molecule has 4 nitrogen and oxygen atoms in total.